The van der Waals surface area contributed by atoms with Crippen LogP contribution in [0.2, 0.25) is 0 Å². The van der Waals surface area contributed by atoms with Gasteiger partial charge in [0.15, 0.2) is 0 Å². The van der Waals surface area contributed by atoms with Crippen LogP contribution in [0, 0.1) is 5.41 Å². The predicted octanol–water partition coefficient (Wildman–Crippen LogP) is 1.76. The van der Waals surface area contributed by atoms with Gasteiger partial charge in [0.1, 0.15) is 12.4 Å². The summed E-state index contributed by atoms with van der Waals surface area (Å²) >= 11 is 0. The fourth-order valence-corrected chi connectivity index (χ4v) is 3.57. The summed E-state index contributed by atoms with van der Waals surface area (Å²) in [7, 11) is 3.48. The van der Waals surface area contributed by atoms with Crippen molar-refractivity contribution in [2.24, 2.45) is 5.41 Å². The Hall–Kier alpha value is -1.37. The molecule has 3 rings (SSSR count). The van der Waals surface area contributed by atoms with Gasteiger partial charge < -0.3 is 18.8 Å². The van der Waals surface area contributed by atoms with Crippen LogP contribution >= 0.6 is 0 Å². The standard InChI is InChI=1S/C18H28N2O4/c1-19(2)17(21)13-22-12-16-10-18(14-24-16)5-7-20(8-6-18)11-15-4-3-9-23-15/h3-4,9,16H,5-8,10-14H2,1-2H3/t16-/m0/s1. The largest absolute Gasteiger partial charge is 0.468 e. The first kappa shape index (κ1) is 17.5. The van der Waals surface area contributed by atoms with Gasteiger partial charge in [-0.3, -0.25) is 9.69 Å². The predicted molar refractivity (Wildman–Crippen MR) is 89.5 cm³/mol. The second-order valence-electron chi connectivity index (χ2n) is 7.30. The highest BCUT2D eigenvalue weighted by Crippen LogP contribution is 2.42. The molecule has 0 N–H and O–H groups in total. The Morgan fingerprint density at radius 3 is 2.88 bits per heavy atom. The van der Waals surface area contributed by atoms with Crippen molar-refractivity contribution in [3.05, 3.63) is 24.2 Å². The van der Waals surface area contributed by atoms with E-state index in [1.807, 2.05) is 12.1 Å². The van der Waals surface area contributed by atoms with Crippen LogP contribution in [0.1, 0.15) is 25.0 Å². The van der Waals surface area contributed by atoms with Gasteiger partial charge in [0.2, 0.25) is 5.91 Å². The van der Waals surface area contributed by atoms with Gasteiger partial charge in [-0.25, -0.2) is 0 Å². The number of nitrogens with zero attached hydrogens (tertiary/aromatic N) is 2. The zero-order valence-electron chi connectivity index (χ0n) is 14.7. The number of hydrogen-bond donors (Lipinski definition) is 0. The molecular formula is C18H28N2O4. The van der Waals surface area contributed by atoms with Gasteiger partial charge in [-0.1, -0.05) is 0 Å². The van der Waals surface area contributed by atoms with Crippen molar-refractivity contribution in [1.29, 1.82) is 0 Å². The molecule has 1 atom stereocenters. The van der Waals surface area contributed by atoms with Gasteiger partial charge in [-0.15, -0.1) is 0 Å². The molecule has 2 aliphatic heterocycles. The number of piperidine rings is 1. The maximum Gasteiger partial charge on any atom is 0.248 e. The Kier molecular flexibility index (Phi) is 5.58. The number of rotatable bonds is 6. The lowest BCUT2D eigenvalue weighted by molar-refractivity contribution is -0.134. The molecule has 0 unspecified atom stereocenters. The molecule has 6 heteroatoms. The molecule has 6 nitrogen and oxygen atoms in total. The normalized spacial score (nSPS) is 23.7. The van der Waals surface area contributed by atoms with Crippen molar-refractivity contribution in [3.8, 4) is 0 Å². The highest BCUT2D eigenvalue weighted by Gasteiger charge is 2.42. The first-order valence-electron chi connectivity index (χ1n) is 8.71. The van der Waals surface area contributed by atoms with Gasteiger partial charge in [-0.05, 0) is 49.9 Å². The summed E-state index contributed by atoms with van der Waals surface area (Å²) < 4.78 is 16.9. The molecule has 2 aliphatic rings. The van der Waals surface area contributed by atoms with E-state index in [2.05, 4.69) is 4.90 Å². The minimum atomic E-state index is -0.00561. The van der Waals surface area contributed by atoms with Crippen LogP contribution in [-0.4, -0.2) is 68.8 Å². The lowest BCUT2D eigenvalue weighted by Crippen LogP contribution is -2.40. The Morgan fingerprint density at radius 2 is 2.21 bits per heavy atom. The Morgan fingerprint density at radius 1 is 1.42 bits per heavy atom. The fraction of sp³-hybridized carbons (Fsp3) is 0.722. The molecule has 0 aromatic carbocycles. The average Bonchev–Trinajstić information content (AvgIpc) is 3.20. The maximum absolute atomic E-state index is 11.5. The monoisotopic (exact) mass is 336 g/mol. The van der Waals surface area contributed by atoms with Crippen molar-refractivity contribution in [1.82, 2.24) is 9.80 Å². The van der Waals surface area contributed by atoms with Crippen molar-refractivity contribution in [3.63, 3.8) is 0 Å². The third-order valence-corrected chi connectivity index (χ3v) is 5.19. The van der Waals surface area contributed by atoms with Crippen LogP contribution in [0.15, 0.2) is 22.8 Å². The van der Waals surface area contributed by atoms with E-state index in [0.29, 0.717) is 12.0 Å². The lowest BCUT2D eigenvalue weighted by atomic mass is 9.76. The highest BCUT2D eigenvalue weighted by atomic mass is 16.5. The zero-order valence-corrected chi connectivity index (χ0v) is 14.7. The minimum absolute atomic E-state index is 0.00561. The van der Waals surface area contributed by atoms with Crippen LogP contribution in [0.3, 0.4) is 0 Å². The molecule has 0 bridgehead atoms. The Balaban J connectivity index is 1.38. The molecule has 1 aromatic heterocycles. The van der Waals surface area contributed by atoms with E-state index in [-0.39, 0.29) is 18.6 Å². The summed E-state index contributed by atoms with van der Waals surface area (Å²) in [6, 6.07) is 3.97. The van der Waals surface area contributed by atoms with Crippen molar-refractivity contribution < 1.29 is 18.7 Å². The van der Waals surface area contributed by atoms with Gasteiger partial charge >= 0.3 is 0 Å². The molecule has 1 spiro atoms. The molecule has 0 aliphatic carbocycles. The topological polar surface area (TPSA) is 55.2 Å². The molecule has 1 amide bonds. The molecule has 2 saturated heterocycles. The number of hydrogen-bond acceptors (Lipinski definition) is 5. The minimum Gasteiger partial charge on any atom is -0.468 e. The van der Waals surface area contributed by atoms with Crippen LogP contribution < -0.4 is 0 Å². The third kappa shape index (κ3) is 4.37. The van der Waals surface area contributed by atoms with Crippen LogP contribution in [0.25, 0.3) is 0 Å². The number of amides is 1. The fourth-order valence-electron chi connectivity index (χ4n) is 3.57. The molecule has 134 valence electrons. The second-order valence-corrected chi connectivity index (χ2v) is 7.30. The quantitative estimate of drug-likeness (QED) is 0.792. The molecule has 3 heterocycles. The summed E-state index contributed by atoms with van der Waals surface area (Å²) in [6.45, 7) is 4.52. The Labute approximate surface area is 143 Å². The smallest absolute Gasteiger partial charge is 0.248 e. The van der Waals surface area contributed by atoms with Crippen LogP contribution in [0.4, 0.5) is 0 Å². The number of ether oxygens (including phenoxy) is 2. The average molecular weight is 336 g/mol. The van der Waals surface area contributed by atoms with Gasteiger partial charge in [-0.2, -0.15) is 0 Å². The third-order valence-electron chi connectivity index (χ3n) is 5.19. The van der Waals surface area contributed by atoms with Gasteiger partial charge in [0, 0.05) is 14.1 Å². The van der Waals surface area contributed by atoms with Crippen LogP contribution in [-0.2, 0) is 20.8 Å². The summed E-state index contributed by atoms with van der Waals surface area (Å²) in [4.78, 5) is 15.5. The van der Waals surface area contributed by atoms with Crippen molar-refractivity contribution in [2.45, 2.75) is 31.9 Å². The molecule has 2 fully saturated rings. The molecule has 24 heavy (non-hydrogen) atoms. The number of likely N-dealkylation sites (N-methyl/N-ethyl adjacent to an activating group) is 1. The summed E-state index contributed by atoms with van der Waals surface area (Å²) in [5.41, 5.74) is 0.291. The highest BCUT2D eigenvalue weighted by molar-refractivity contribution is 5.76. The number of furan rings is 1. The summed E-state index contributed by atoms with van der Waals surface area (Å²) in [6.07, 6.45) is 5.20. The van der Waals surface area contributed by atoms with Gasteiger partial charge in [0.05, 0.1) is 32.1 Å². The van der Waals surface area contributed by atoms with E-state index in [0.717, 1.165) is 51.3 Å². The van der Waals surface area contributed by atoms with Crippen molar-refractivity contribution in [2.75, 3.05) is 47.0 Å². The second kappa shape index (κ2) is 7.68. The van der Waals surface area contributed by atoms with E-state index in [4.69, 9.17) is 13.9 Å². The number of carbonyl (C=O) groups excluding carboxylic acids is 1. The summed E-state index contributed by atoms with van der Waals surface area (Å²) in [5, 5.41) is 0. The molecule has 0 radical (unpaired) electrons. The van der Waals surface area contributed by atoms with E-state index in [1.165, 1.54) is 0 Å². The summed E-state index contributed by atoms with van der Waals surface area (Å²) in [5.74, 6) is 1.03. The van der Waals surface area contributed by atoms with Gasteiger partial charge in [0.25, 0.3) is 0 Å². The number of likely N-dealkylation sites (tertiary alicyclic amines) is 1. The molecule has 0 saturated carbocycles. The number of carbonyl (C=O) groups is 1. The molecule has 1 aromatic rings. The van der Waals surface area contributed by atoms with E-state index in [1.54, 1.807) is 25.3 Å². The molecular weight excluding hydrogens is 308 g/mol. The van der Waals surface area contributed by atoms with E-state index >= 15 is 0 Å². The van der Waals surface area contributed by atoms with E-state index < -0.39 is 0 Å². The first-order chi connectivity index (χ1) is 11.6. The van der Waals surface area contributed by atoms with Crippen molar-refractivity contribution >= 4 is 5.91 Å². The zero-order chi connectivity index (χ0) is 17.0. The first-order valence-corrected chi connectivity index (χ1v) is 8.71. The maximum atomic E-state index is 11.5. The Bertz CT molecular complexity index is 521. The van der Waals surface area contributed by atoms with E-state index in [9.17, 15) is 4.79 Å². The SMILES string of the molecule is CN(C)C(=O)COC[C@@H]1CC2(CCN(Cc3ccco3)CC2)CO1. The van der Waals surface area contributed by atoms with Crippen LogP contribution in [0.5, 0.6) is 0 Å². The lowest BCUT2D eigenvalue weighted by Gasteiger charge is -2.38.